The fourth-order valence-electron chi connectivity index (χ4n) is 0.549. The Morgan fingerprint density at radius 1 is 1.56 bits per heavy atom. The highest BCUT2D eigenvalue weighted by molar-refractivity contribution is 4.56. The summed E-state index contributed by atoms with van der Waals surface area (Å²) in [7, 11) is 0. The predicted octanol–water partition coefficient (Wildman–Crippen LogP) is 1.70. The van der Waals surface area contributed by atoms with E-state index in [0.717, 1.165) is 6.42 Å². The highest BCUT2D eigenvalue weighted by atomic mass is 16.6. The zero-order valence-corrected chi connectivity index (χ0v) is 6.13. The summed E-state index contributed by atoms with van der Waals surface area (Å²) >= 11 is 0. The molecule has 0 aromatic heterocycles. The van der Waals surface area contributed by atoms with Crippen LogP contribution >= 0.6 is 0 Å². The fourth-order valence-corrected chi connectivity index (χ4v) is 0.549. The smallest absolute Gasteiger partial charge is 0.212 e. The van der Waals surface area contributed by atoms with Crippen LogP contribution < -0.4 is 0 Å². The van der Waals surface area contributed by atoms with Crippen molar-refractivity contribution < 1.29 is 4.92 Å². The van der Waals surface area contributed by atoms with Crippen molar-refractivity contribution in [2.45, 2.75) is 33.2 Å². The van der Waals surface area contributed by atoms with Gasteiger partial charge in [-0.25, -0.2) is 0 Å². The first kappa shape index (κ1) is 8.40. The molecule has 0 rings (SSSR count). The van der Waals surface area contributed by atoms with Crippen LogP contribution in [0.3, 0.4) is 0 Å². The maximum atomic E-state index is 10.1. The van der Waals surface area contributed by atoms with E-state index in [4.69, 9.17) is 0 Å². The van der Waals surface area contributed by atoms with Gasteiger partial charge in [0.25, 0.3) is 0 Å². The Balaban J connectivity index is 3.72. The zero-order chi connectivity index (χ0) is 7.44. The molecule has 0 amide bonds. The van der Waals surface area contributed by atoms with Crippen LogP contribution in [0.4, 0.5) is 0 Å². The van der Waals surface area contributed by atoms with E-state index in [1.165, 1.54) is 0 Å². The number of nitrogens with zero attached hydrogens (tertiary/aromatic N) is 1. The molecule has 0 saturated carbocycles. The lowest BCUT2D eigenvalue weighted by molar-refractivity contribution is -0.527. The van der Waals surface area contributed by atoms with Crippen LogP contribution in [-0.2, 0) is 0 Å². The predicted molar refractivity (Wildman–Crippen MR) is 35.9 cm³/mol. The van der Waals surface area contributed by atoms with Crippen molar-refractivity contribution in [2.75, 3.05) is 0 Å². The van der Waals surface area contributed by atoms with E-state index in [1.807, 2.05) is 13.8 Å². The van der Waals surface area contributed by atoms with Gasteiger partial charge in [-0.05, 0) is 6.42 Å². The standard InChI is InChI=1S/C6H13NO2/c1-4-5(2)6(3)7(8)9/h5-6H,4H2,1-3H3/t5-,6?/m0/s1. The molecular formula is C6H13NO2. The molecule has 54 valence electrons. The minimum absolute atomic E-state index is 0.194. The van der Waals surface area contributed by atoms with Crippen molar-refractivity contribution in [1.82, 2.24) is 0 Å². The lowest BCUT2D eigenvalue weighted by Gasteiger charge is -2.08. The second-order valence-corrected chi connectivity index (χ2v) is 2.41. The third-order valence-corrected chi connectivity index (χ3v) is 1.80. The van der Waals surface area contributed by atoms with Gasteiger partial charge in [-0.3, -0.25) is 10.1 Å². The molecule has 1 unspecified atom stereocenters. The van der Waals surface area contributed by atoms with Crippen molar-refractivity contribution in [3.05, 3.63) is 10.1 Å². The highest BCUT2D eigenvalue weighted by Gasteiger charge is 2.19. The third kappa shape index (κ3) is 2.44. The number of rotatable bonds is 3. The molecule has 0 aliphatic heterocycles. The van der Waals surface area contributed by atoms with Crippen molar-refractivity contribution in [3.8, 4) is 0 Å². The van der Waals surface area contributed by atoms with Crippen molar-refractivity contribution >= 4 is 0 Å². The molecule has 0 fully saturated rings. The maximum absolute atomic E-state index is 10.1. The van der Waals surface area contributed by atoms with Crippen molar-refractivity contribution in [2.24, 2.45) is 5.92 Å². The first-order chi connectivity index (χ1) is 4.09. The second kappa shape index (κ2) is 3.43. The zero-order valence-electron chi connectivity index (χ0n) is 6.13. The molecule has 0 bridgehead atoms. The molecule has 0 radical (unpaired) electrons. The fraction of sp³-hybridized carbons (Fsp3) is 1.00. The quantitative estimate of drug-likeness (QED) is 0.432. The highest BCUT2D eigenvalue weighted by Crippen LogP contribution is 2.08. The van der Waals surface area contributed by atoms with Gasteiger partial charge < -0.3 is 0 Å². The van der Waals surface area contributed by atoms with Crippen molar-refractivity contribution in [1.29, 1.82) is 0 Å². The average Bonchev–Trinajstić information content (AvgIpc) is 1.84. The number of hydrogen-bond donors (Lipinski definition) is 0. The molecule has 0 heterocycles. The molecule has 0 spiro atoms. The Hall–Kier alpha value is -0.600. The third-order valence-electron chi connectivity index (χ3n) is 1.80. The Morgan fingerprint density at radius 3 is 2.11 bits per heavy atom. The van der Waals surface area contributed by atoms with E-state index < -0.39 is 6.04 Å². The normalized spacial score (nSPS) is 16.8. The van der Waals surface area contributed by atoms with Gasteiger partial charge in [0.05, 0.1) is 0 Å². The van der Waals surface area contributed by atoms with Gasteiger partial charge >= 0.3 is 0 Å². The van der Waals surface area contributed by atoms with Gasteiger partial charge in [0.1, 0.15) is 0 Å². The summed E-state index contributed by atoms with van der Waals surface area (Å²) in [6.45, 7) is 5.51. The molecule has 3 nitrogen and oxygen atoms in total. The Kier molecular flexibility index (Phi) is 3.20. The first-order valence-corrected chi connectivity index (χ1v) is 3.23. The Labute approximate surface area is 55.2 Å². The molecule has 2 atom stereocenters. The minimum atomic E-state index is -0.394. The van der Waals surface area contributed by atoms with Gasteiger partial charge in [0.2, 0.25) is 6.04 Å². The average molecular weight is 131 g/mol. The van der Waals surface area contributed by atoms with Crippen LogP contribution in [0.25, 0.3) is 0 Å². The summed E-state index contributed by atoms with van der Waals surface area (Å²) in [5, 5.41) is 10.1. The second-order valence-electron chi connectivity index (χ2n) is 2.41. The first-order valence-electron chi connectivity index (χ1n) is 3.23. The molecule has 0 saturated heterocycles. The van der Waals surface area contributed by atoms with E-state index >= 15 is 0 Å². The molecule has 0 aromatic rings. The van der Waals surface area contributed by atoms with Crippen LogP contribution in [0.1, 0.15) is 27.2 Å². The lowest BCUT2D eigenvalue weighted by Crippen LogP contribution is -2.22. The number of hydrogen-bond acceptors (Lipinski definition) is 2. The van der Waals surface area contributed by atoms with Gasteiger partial charge in [0, 0.05) is 17.8 Å². The van der Waals surface area contributed by atoms with Crippen LogP contribution in [0, 0.1) is 16.0 Å². The molecule has 9 heavy (non-hydrogen) atoms. The van der Waals surface area contributed by atoms with E-state index in [9.17, 15) is 10.1 Å². The molecule has 0 aliphatic carbocycles. The summed E-state index contributed by atoms with van der Waals surface area (Å²) in [4.78, 5) is 9.88. The summed E-state index contributed by atoms with van der Waals surface area (Å²) in [6.07, 6.45) is 0.877. The van der Waals surface area contributed by atoms with Gasteiger partial charge in [-0.1, -0.05) is 13.8 Å². The van der Waals surface area contributed by atoms with E-state index in [-0.39, 0.29) is 10.8 Å². The van der Waals surface area contributed by atoms with E-state index in [2.05, 4.69) is 0 Å². The topological polar surface area (TPSA) is 43.1 Å². The van der Waals surface area contributed by atoms with Gasteiger partial charge in [-0.2, -0.15) is 0 Å². The van der Waals surface area contributed by atoms with Crippen LogP contribution in [-0.4, -0.2) is 11.0 Å². The summed E-state index contributed by atoms with van der Waals surface area (Å²) in [5.41, 5.74) is 0. The molecule has 0 N–H and O–H groups in total. The Bertz CT molecular complexity index is 103. The Morgan fingerprint density at radius 2 is 2.00 bits per heavy atom. The van der Waals surface area contributed by atoms with E-state index in [1.54, 1.807) is 6.92 Å². The largest absolute Gasteiger partial charge is 0.264 e. The van der Waals surface area contributed by atoms with Crippen LogP contribution in [0.15, 0.2) is 0 Å². The molecule has 0 aromatic carbocycles. The summed E-state index contributed by atoms with van der Waals surface area (Å²) < 4.78 is 0. The minimum Gasteiger partial charge on any atom is -0.264 e. The van der Waals surface area contributed by atoms with Crippen LogP contribution in [0.2, 0.25) is 0 Å². The van der Waals surface area contributed by atoms with Gasteiger partial charge in [0.15, 0.2) is 0 Å². The molecular weight excluding hydrogens is 118 g/mol. The molecule has 0 aliphatic rings. The lowest BCUT2D eigenvalue weighted by atomic mass is 10.0. The van der Waals surface area contributed by atoms with Crippen LogP contribution in [0.5, 0.6) is 0 Å². The van der Waals surface area contributed by atoms with E-state index in [0.29, 0.717) is 0 Å². The summed E-state index contributed by atoms with van der Waals surface area (Å²) in [5.74, 6) is 0.194. The summed E-state index contributed by atoms with van der Waals surface area (Å²) in [6, 6.07) is -0.394. The number of nitro groups is 1. The maximum Gasteiger partial charge on any atom is 0.212 e. The van der Waals surface area contributed by atoms with Crippen molar-refractivity contribution in [3.63, 3.8) is 0 Å². The monoisotopic (exact) mass is 131 g/mol. The molecule has 3 heteroatoms. The SMILES string of the molecule is CC[C@H](C)C(C)[N+](=O)[O-]. The van der Waals surface area contributed by atoms with Gasteiger partial charge in [-0.15, -0.1) is 0 Å².